The average molecular weight is 277 g/mol. The van der Waals surface area contributed by atoms with Crippen LogP contribution in [-0.2, 0) is 0 Å². The van der Waals surface area contributed by atoms with Crippen molar-refractivity contribution in [3.8, 4) is 0 Å². The minimum Gasteiger partial charge on any atom is -0.476 e. The molecule has 2 N–H and O–H groups in total. The van der Waals surface area contributed by atoms with Crippen molar-refractivity contribution in [2.45, 2.75) is 18.2 Å². The van der Waals surface area contributed by atoms with Crippen molar-refractivity contribution in [2.24, 2.45) is 0 Å². The van der Waals surface area contributed by atoms with E-state index in [0.29, 0.717) is 0 Å². The monoisotopic (exact) mass is 277 g/mol. The molecule has 1 aromatic heterocycles. The molecular formula is C10H10F3N3O3. The second-order valence-electron chi connectivity index (χ2n) is 4.23. The van der Waals surface area contributed by atoms with E-state index in [-0.39, 0.29) is 12.4 Å². The van der Waals surface area contributed by atoms with E-state index in [2.05, 4.69) is 9.97 Å². The minimum atomic E-state index is -4.77. The zero-order valence-electron chi connectivity index (χ0n) is 9.55. The molecule has 1 aromatic rings. The van der Waals surface area contributed by atoms with Crippen LogP contribution < -0.4 is 4.90 Å². The molecular weight excluding hydrogens is 267 g/mol. The molecule has 0 bridgehead atoms. The van der Waals surface area contributed by atoms with E-state index >= 15 is 0 Å². The van der Waals surface area contributed by atoms with Crippen LogP contribution >= 0.6 is 0 Å². The number of nitrogens with zero attached hydrogens (tertiary/aromatic N) is 3. The van der Waals surface area contributed by atoms with Crippen molar-refractivity contribution in [1.29, 1.82) is 0 Å². The molecule has 1 unspecified atom stereocenters. The number of β-amino-alcohol motifs (C(OH)–C–C–N with tert-alkyl or cyclic N) is 1. The van der Waals surface area contributed by atoms with Gasteiger partial charge in [-0.25, -0.2) is 14.8 Å². The summed E-state index contributed by atoms with van der Waals surface area (Å²) in [4.78, 5) is 19.3. The number of rotatable bonds is 2. The number of carbonyl (C=O) groups is 1. The van der Waals surface area contributed by atoms with Gasteiger partial charge in [0.05, 0.1) is 6.54 Å². The molecule has 0 saturated carbocycles. The molecule has 1 aliphatic rings. The van der Waals surface area contributed by atoms with E-state index in [4.69, 9.17) is 5.11 Å². The Balaban J connectivity index is 2.30. The van der Waals surface area contributed by atoms with Gasteiger partial charge in [-0.15, -0.1) is 0 Å². The molecule has 9 heteroatoms. The van der Waals surface area contributed by atoms with Crippen LogP contribution in [0, 0.1) is 0 Å². The maximum atomic E-state index is 12.7. The molecule has 2 rings (SSSR count). The fourth-order valence-corrected chi connectivity index (χ4v) is 1.92. The van der Waals surface area contributed by atoms with E-state index in [0.717, 1.165) is 11.1 Å². The zero-order valence-corrected chi connectivity index (χ0v) is 9.55. The normalized spacial score (nSPS) is 23.7. The number of alkyl halides is 3. The highest BCUT2D eigenvalue weighted by Gasteiger charge is 2.57. The second-order valence-corrected chi connectivity index (χ2v) is 4.23. The van der Waals surface area contributed by atoms with Crippen molar-refractivity contribution >= 4 is 11.8 Å². The SMILES string of the molecule is O=C(O)c1nccnc1N1CCC(O)(C(F)(F)F)C1. The van der Waals surface area contributed by atoms with Gasteiger partial charge >= 0.3 is 12.1 Å². The largest absolute Gasteiger partial charge is 0.476 e. The lowest BCUT2D eigenvalue weighted by molar-refractivity contribution is -0.250. The lowest BCUT2D eigenvalue weighted by atomic mass is 10.0. The summed E-state index contributed by atoms with van der Waals surface area (Å²) in [5.74, 6) is -1.55. The Morgan fingerprint density at radius 3 is 2.53 bits per heavy atom. The molecule has 0 radical (unpaired) electrons. The maximum absolute atomic E-state index is 12.7. The molecule has 0 aromatic carbocycles. The predicted octanol–water partition coefficient (Wildman–Crippen LogP) is 0.678. The van der Waals surface area contributed by atoms with Crippen LogP contribution in [0.25, 0.3) is 0 Å². The fraction of sp³-hybridized carbons (Fsp3) is 0.500. The first-order valence-corrected chi connectivity index (χ1v) is 5.33. The van der Waals surface area contributed by atoms with Gasteiger partial charge in [0, 0.05) is 25.4 Å². The first-order valence-electron chi connectivity index (χ1n) is 5.33. The summed E-state index contributed by atoms with van der Waals surface area (Å²) in [5, 5.41) is 18.4. The molecule has 1 fully saturated rings. The van der Waals surface area contributed by atoms with Gasteiger partial charge in [-0.3, -0.25) is 0 Å². The molecule has 1 saturated heterocycles. The van der Waals surface area contributed by atoms with Crippen LogP contribution in [0.15, 0.2) is 12.4 Å². The van der Waals surface area contributed by atoms with E-state index < -0.39 is 36.4 Å². The molecule has 0 aliphatic carbocycles. The van der Waals surface area contributed by atoms with Gasteiger partial charge in [-0.2, -0.15) is 13.2 Å². The molecule has 1 aliphatic heterocycles. The smallest absolute Gasteiger partial charge is 0.418 e. The molecule has 0 amide bonds. The first kappa shape index (κ1) is 13.5. The van der Waals surface area contributed by atoms with Crippen LogP contribution in [0.5, 0.6) is 0 Å². The highest BCUT2D eigenvalue weighted by Crippen LogP contribution is 2.39. The number of aliphatic hydroxyl groups is 1. The number of halogens is 3. The lowest BCUT2D eigenvalue weighted by Crippen LogP contribution is -2.47. The van der Waals surface area contributed by atoms with E-state index in [1.807, 2.05) is 0 Å². The number of hydrogen-bond acceptors (Lipinski definition) is 5. The third-order valence-electron chi connectivity index (χ3n) is 2.96. The third-order valence-corrected chi connectivity index (χ3v) is 2.96. The van der Waals surface area contributed by atoms with Crippen LogP contribution in [0.2, 0.25) is 0 Å². The van der Waals surface area contributed by atoms with Crippen LogP contribution in [0.3, 0.4) is 0 Å². The Morgan fingerprint density at radius 2 is 2.00 bits per heavy atom. The van der Waals surface area contributed by atoms with Gasteiger partial charge in [-0.05, 0) is 0 Å². The highest BCUT2D eigenvalue weighted by atomic mass is 19.4. The average Bonchev–Trinajstić information content (AvgIpc) is 2.72. The van der Waals surface area contributed by atoms with Crippen LogP contribution in [0.4, 0.5) is 19.0 Å². The van der Waals surface area contributed by atoms with Gasteiger partial charge < -0.3 is 15.1 Å². The summed E-state index contributed by atoms with van der Waals surface area (Å²) in [5.41, 5.74) is -3.28. The molecule has 104 valence electrons. The van der Waals surface area contributed by atoms with Crippen molar-refractivity contribution in [2.75, 3.05) is 18.0 Å². The van der Waals surface area contributed by atoms with Crippen molar-refractivity contribution in [1.82, 2.24) is 9.97 Å². The van der Waals surface area contributed by atoms with Gasteiger partial charge in [0.15, 0.2) is 17.1 Å². The van der Waals surface area contributed by atoms with Crippen LogP contribution in [0.1, 0.15) is 16.9 Å². The summed E-state index contributed by atoms with van der Waals surface area (Å²) in [6, 6.07) is 0. The number of aromatic nitrogens is 2. The summed E-state index contributed by atoms with van der Waals surface area (Å²) >= 11 is 0. The highest BCUT2D eigenvalue weighted by molar-refractivity contribution is 5.91. The Bertz CT molecular complexity index is 508. The third kappa shape index (κ3) is 2.33. The zero-order chi connectivity index (χ0) is 14.3. The van der Waals surface area contributed by atoms with Gasteiger partial charge in [0.25, 0.3) is 0 Å². The summed E-state index contributed by atoms with van der Waals surface area (Å²) in [6.45, 7) is -0.898. The summed E-state index contributed by atoms with van der Waals surface area (Å²) in [6.07, 6.45) is -2.98. The molecule has 19 heavy (non-hydrogen) atoms. The van der Waals surface area contributed by atoms with Crippen molar-refractivity contribution in [3.05, 3.63) is 18.1 Å². The predicted molar refractivity (Wildman–Crippen MR) is 56.8 cm³/mol. The second kappa shape index (κ2) is 4.34. The van der Waals surface area contributed by atoms with Gasteiger partial charge in [0.1, 0.15) is 0 Å². The standard InChI is InChI=1S/C10H10F3N3O3/c11-10(12,13)9(19)1-4-16(5-9)7-6(8(17)18)14-2-3-15-7/h2-3,19H,1,4-5H2,(H,17,18). The Hall–Kier alpha value is -1.90. The molecule has 2 heterocycles. The van der Waals surface area contributed by atoms with Gasteiger partial charge in [0.2, 0.25) is 0 Å². The summed E-state index contributed by atoms with van der Waals surface area (Å²) in [7, 11) is 0. The number of carboxylic acid groups (broad SMARTS) is 1. The van der Waals surface area contributed by atoms with Crippen molar-refractivity contribution < 1.29 is 28.2 Å². The van der Waals surface area contributed by atoms with Crippen LogP contribution in [-0.4, -0.2) is 51.0 Å². The maximum Gasteiger partial charge on any atom is 0.418 e. The number of anilines is 1. The Labute approximate surface area is 105 Å². The number of carboxylic acids is 1. The van der Waals surface area contributed by atoms with E-state index in [9.17, 15) is 23.1 Å². The minimum absolute atomic E-state index is 0.144. The number of aromatic carboxylic acids is 1. The fourth-order valence-electron chi connectivity index (χ4n) is 1.92. The van der Waals surface area contributed by atoms with Crippen molar-refractivity contribution in [3.63, 3.8) is 0 Å². The first-order chi connectivity index (χ1) is 8.74. The summed E-state index contributed by atoms with van der Waals surface area (Å²) < 4.78 is 38.0. The molecule has 6 nitrogen and oxygen atoms in total. The Kier molecular flexibility index (Phi) is 3.09. The molecule has 1 atom stereocenters. The van der Waals surface area contributed by atoms with Gasteiger partial charge in [-0.1, -0.05) is 0 Å². The van der Waals surface area contributed by atoms with E-state index in [1.165, 1.54) is 6.20 Å². The van der Waals surface area contributed by atoms with E-state index in [1.54, 1.807) is 0 Å². The number of hydrogen-bond donors (Lipinski definition) is 2. The quantitative estimate of drug-likeness (QED) is 0.826. The lowest BCUT2D eigenvalue weighted by Gasteiger charge is -2.26. The molecule has 0 spiro atoms. The Morgan fingerprint density at radius 1 is 1.37 bits per heavy atom. The topological polar surface area (TPSA) is 86.5 Å².